The van der Waals surface area contributed by atoms with Crippen molar-refractivity contribution in [3.63, 3.8) is 0 Å². The van der Waals surface area contributed by atoms with E-state index in [-0.39, 0.29) is 24.5 Å². The van der Waals surface area contributed by atoms with Crippen LogP contribution in [0.2, 0.25) is 0 Å². The van der Waals surface area contributed by atoms with Crippen LogP contribution in [0.5, 0.6) is 0 Å². The van der Waals surface area contributed by atoms with Crippen molar-refractivity contribution >= 4 is 5.91 Å². The molecule has 0 bridgehead atoms. The molecule has 0 saturated carbocycles. The lowest BCUT2D eigenvalue weighted by Crippen LogP contribution is -2.40. The van der Waals surface area contributed by atoms with Gasteiger partial charge in [0.2, 0.25) is 5.91 Å². The largest absolute Gasteiger partial charge is 0.394 e. The fourth-order valence-electron chi connectivity index (χ4n) is 2.41. The monoisotopic (exact) mass is 213 g/mol. The molecule has 88 valence electrons. The van der Waals surface area contributed by atoms with Crippen molar-refractivity contribution < 1.29 is 9.90 Å². The minimum Gasteiger partial charge on any atom is -0.394 e. The van der Waals surface area contributed by atoms with Gasteiger partial charge < -0.3 is 10.0 Å². The Labute approximate surface area is 92.5 Å². The van der Waals surface area contributed by atoms with Gasteiger partial charge >= 0.3 is 0 Å². The van der Waals surface area contributed by atoms with Gasteiger partial charge in [0.25, 0.3) is 0 Å². The van der Waals surface area contributed by atoms with Gasteiger partial charge in [-0.2, -0.15) is 0 Å². The van der Waals surface area contributed by atoms with Crippen molar-refractivity contribution in [2.24, 2.45) is 11.8 Å². The van der Waals surface area contributed by atoms with Crippen molar-refractivity contribution in [2.75, 3.05) is 13.2 Å². The molecule has 15 heavy (non-hydrogen) atoms. The number of amides is 1. The summed E-state index contributed by atoms with van der Waals surface area (Å²) in [6.07, 6.45) is 2.93. The molecule has 0 aliphatic carbocycles. The van der Waals surface area contributed by atoms with Crippen LogP contribution in [0.1, 0.15) is 40.0 Å². The van der Waals surface area contributed by atoms with Gasteiger partial charge in [-0.1, -0.05) is 20.8 Å². The molecule has 3 heteroatoms. The van der Waals surface area contributed by atoms with Crippen molar-refractivity contribution in [1.29, 1.82) is 0 Å². The molecule has 1 N–H and O–H groups in total. The van der Waals surface area contributed by atoms with Crippen LogP contribution in [0.3, 0.4) is 0 Å². The third-order valence-corrected chi connectivity index (χ3v) is 3.12. The fourth-order valence-corrected chi connectivity index (χ4v) is 2.41. The first kappa shape index (κ1) is 12.5. The zero-order chi connectivity index (χ0) is 11.4. The Morgan fingerprint density at radius 2 is 2.13 bits per heavy atom. The number of carbonyl (C=O) groups is 1. The number of rotatable bonds is 4. The molecular weight excluding hydrogens is 190 g/mol. The van der Waals surface area contributed by atoms with Crippen LogP contribution in [-0.2, 0) is 4.79 Å². The molecule has 3 nitrogen and oxygen atoms in total. The summed E-state index contributed by atoms with van der Waals surface area (Å²) in [5.41, 5.74) is 0. The molecule has 2 atom stereocenters. The Morgan fingerprint density at radius 1 is 1.47 bits per heavy atom. The highest BCUT2D eigenvalue weighted by molar-refractivity contribution is 5.79. The van der Waals surface area contributed by atoms with Crippen LogP contribution in [0, 0.1) is 11.8 Å². The highest BCUT2D eigenvalue weighted by atomic mass is 16.3. The first-order valence-electron chi connectivity index (χ1n) is 5.97. The Kier molecular flexibility index (Phi) is 4.58. The van der Waals surface area contributed by atoms with Gasteiger partial charge in [0.1, 0.15) is 0 Å². The highest BCUT2D eigenvalue weighted by Gasteiger charge is 2.30. The van der Waals surface area contributed by atoms with Crippen LogP contribution in [0.25, 0.3) is 0 Å². The summed E-state index contributed by atoms with van der Waals surface area (Å²) in [6, 6.07) is 0.0760. The van der Waals surface area contributed by atoms with Gasteiger partial charge in [0, 0.05) is 12.5 Å². The summed E-state index contributed by atoms with van der Waals surface area (Å²) < 4.78 is 0. The zero-order valence-electron chi connectivity index (χ0n) is 10.1. The average molecular weight is 213 g/mol. The van der Waals surface area contributed by atoms with E-state index in [0.29, 0.717) is 5.92 Å². The molecular formula is C12H23NO2. The van der Waals surface area contributed by atoms with Crippen molar-refractivity contribution in [1.82, 2.24) is 4.90 Å². The molecule has 1 heterocycles. The van der Waals surface area contributed by atoms with E-state index in [1.165, 1.54) is 0 Å². The van der Waals surface area contributed by atoms with E-state index >= 15 is 0 Å². The molecule has 1 aliphatic heterocycles. The van der Waals surface area contributed by atoms with E-state index in [1.54, 1.807) is 0 Å². The van der Waals surface area contributed by atoms with Gasteiger partial charge in [0.05, 0.1) is 12.6 Å². The van der Waals surface area contributed by atoms with E-state index in [4.69, 9.17) is 5.11 Å². The number of likely N-dealkylation sites (tertiary alicyclic amines) is 1. The summed E-state index contributed by atoms with van der Waals surface area (Å²) in [5.74, 6) is 0.872. The summed E-state index contributed by atoms with van der Waals surface area (Å²) in [4.78, 5) is 13.9. The Hall–Kier alpha value is -0.570. The number of aliphatic hydroxyl groups is 1. The van der Waals surface area contributed by atoms with Gasteiger partial charge in [-0.05, 0) is 25.2 Å². The van der Waals surface area contributed by atoms with E-state index < -0.39 is 0 Å². The van der Waals surface area contributed by atoms with E-state index in [1.807, 2.05) is 11.8 Å². The van der Waals surface area contributed by atoms with Crippen molar-refractivity contribution in [3.8, 4) is 0 Å². The van der Waals surface area contributed by atoms with Gasteiger partial charge in [-0.25, -0.2) is 0 Å². The van der Waals surface area contributed by atoms with Crippen LogP contribution in [0.4, 0.5) is 0 Å². The van der Waals surface area contributed by atoms with E-state index in [0.717, 1.165) is 25.8 Å². The molecule has 1 amide bonds. The van der Waals surface area contributed by atoms with Crippen LogP contribution < -0.4 is 0 Å². The van der Waals surface area contributed by atoms with Crippen molar-refractivity contribution in [2.45, 2.75) is 46.1 Å². The molecule has 0 unspecified atom stereocenters. The smallest absolute Gasteiger partial charge is 0.225 e. The number of hydrogen-bond donors (Lipinski definition) is 1. The molecule has 0 spiro atoms. The third kappa shape index (κ3) is 3.20. The lowest BCUT2D eigenvalue weighted by molar-refractivity contribution is -0.137. The molecule has 0 radical (unpaired) electrons. The predicted octanol–water partition coefficient (Wildman–Crippen LogP) is 1.65. The second kappa shape index (κ2) is 5.50. The van der Waals surface area contributed by atoms with Gasteiger partial charge in [-0.3, -0.25) is 4.79 Å². The van der Waals surface area contributed by atoms with Gasteiger partial charge in [-0.15, -0.1) is 0 Å². The summed E-state index contributed by atoms with van der Waals surface area (Å²) in [5, 5.41) is 9.16. The minimum atomic E-state index is 0.0760. The molecule has 1 rings (SSSR count). The molecule has 1 fully saturated rings. The summed E-state index contributed by atoms with van der Waals surface area (Å²) >= 11 is 0. The molecule has 0 aromatic heterocycles. The zero-order valence-corrected chi connectivity index (χ0v) is 10.1. The summed E-state index contributed by atoms with van der Waals surface area (Å²) in [7, 11) is 0. The normalized spacial score (nSPS) is 23.5. The molecule has 0 aromatic rings. The second-order valence-corrected chi connectivity index (χ2v) is 5.04. The molecule has 0 aromatic carbocycles. The molecule has 1 saturated heterocycles. The second-order valence-electron chi connectivity index (χ2n) is 5.04. The average Bonchev–Trinajstić information content (AvgIpc) is 2.62. The quantitative estimate of drug-likeness (QED) is 0.771. The topological polar surface area (TPSA) is 40.5 Å². The fraction of sp³-hybridized carbons (Fsp3) is 0.917. The number of nitrogens with zero attached hydrogens (tertiary/aromatic N) is 1. The highest BCUT2D eigenvalue weighted by Crippen LogP contribution is 2.22. The van der Waals surface area contributed by atoms with E-state index in [2.05, 4.69) is 13.8 Å². The van der Waals surface area contributed by atoms with Crippen molar-refractivity contribution in [3.05, 3.63) is 0 Å². The number of aliphatic hydroxyl groups excluding tert-OH is 1. The first-order chi connectivity index (χ1) is 7.06. The third-order valence-electron chi connectivity index (χ3n) is 3.12. The van der Waals surface area contributed by atoms with Crippen LogP contribution in [0.15, 0.2) is 0 Å². The maximum Gasteiger partial charge on any atom is 0.225 e. The standard InChI is InChI=1S/C12H23NO2/c1-9(2)7-10(3)12(15)13-6-4-5-11(13)8-14/h9-11,14H,4-8H2,1-3H3/t10-,11+/m1/s1. The molecule has 1 aliphatic rings. The Balaban J connectivity index is 2.51. The van der Waals surface area contributed by atoms with Crippen LogP contribution >= 0.6 is 0 Å². The van der Waals surface area contributed by atoms with Gasteiger partial charge in [0.15, 0.2) is 0 Å². The first-order valence-corrected chi connectivity index (χ1v) is 5.97. The SMILES string of the molecule is CC(C)C[C@@H](C)C(=O)N1CCC[C@H]1CO. The lowest BCUT2D eigenvalue weighted by atomic mass is 9.97. The lowest BCUT2D eigenvalue weighted by Gasteiger charge is -2.26. The van der Waals surface area contributed by atoms with E-state index in [9.17, 15) is 4.79 Å². The minimum absolute atomic E-state index is 0.0760. The van der Waals surface area contributed by atoms with Crippen LogP contribution in [-0.4, -0.2) is 35.1 Å². The Morgan fingerprint density at radius 3 is 2.67 bits per heavy atom. The number of hydrogen-bond acceptors (Lipinski definition) is 2. The summed E-state index contributed by atoms with van der Waals surface area (Å²) in [6.45, 7) is 7.20. The predicted molar refractivity (Wildman–Crippen MR) is 60.4 cm³/mol. The maximum atomic E-state index is 12.1. The maximum absolute atomic E-state index is 12.1. The number of carbonyl (C=O) groups excluding carboxylic acids is 1. The Bertz CT molecular complexity index is 216.